The first-order valence-corrected chi connectivity index (χ1v) is 18.5. The van der Waals surface area contributed by atoms with Gasteiger partial charge in [0, 0.05) is 45.7 Å². The standard InChI is InChI=1S/2C6H14NO3.4C5H4O2S.3Cu/c2*8-4-1-7(2-5-9)3-6-10;4*6-5(7)4-2-1-3-8-4;;;/h2*8-9H,1-6H2;4*1-3H,(H,6,7);;;/q2*-1;;;;;3*+2/p-4. The van der Waals surface area contributed by atoms with Gasteiger partial charge in [-0.15, -0.1) is 58.6 Å². The Bertz CT molecular complexity index is 1180. The second-order valence-electron chi connectivity index (χ2n) is 9.04. The molecular formula is C32H40Cu3N2O14S4. The summed E-state index contributed by atoms with van der Waals surface area (Å²) in [5.74, 6) is -4.39. The minimum atomic E-state index is -1.10. The fourth-order valence-electron chi connectivity index (χ4n) is 3.07. The molecule has 319 valence electrons. The zero-order valence-electron chi connectivity index (χ0n) is 28.7. The number of nitrogens with zero attached hydrogens (tertiary/aromatic N) is 2. The van der Waals surface area contributed by atoms with Crippen molar-refractivity contribution in [3.8, 4) is 0 Å². The van der Waals surface area contributed by atoms with Crippen LogP contribution in [0.25, 0.3) is 0 Å². The van der Waals surface area contributed by atoms with Crippen LogP contribution in [0.4, 0.5) is 0 Å². The number of rotatable bonds is 16. The molecule has 0 spiro atoms. The number of aliphatic hydroxyl groups excluding tert-OH is 4. The third-order valence-electron chi connectivity index (χ3n) is 5.37. The molecule has 55 heavy (non-hydrogen) atoms. The van der Waals surface area contributed by atoms with Crippen molar-refractivity contribution < 1.29 is 121 Å². The van der Waals surface area contributed by atoms with Gasteiger partial charge in [-0.2, -0.15) is 0 Å². The summed E-state index contributed by atoms with van der Waals surface area (Å²) in [6, 6.07) is 12.8. The monoisotopic (exact) mass is 993 g/mol. The first kappa shape index (κ1) is 62.1. The largest absolute Gasteiger partial charge is 2.00 e. The van der Waals surface area contributed by atoms with E-state index in [2.05, 4.69) is 0 Å². The van der Waals surface area contributed by atoms with Crippen molar-refractivity contribution in [2.45, 2.75) is 0 Å². The van der Waals surface area contributed by atoms with Gasteiger partial charge in [0.2, 0.25) is 0 Å². The number of hydrogen-bond acceptors (Lipinski definition) is 20. The van der Waals surface area contributed by atoms with Crippen molar-refractivity contribution in [1.82, 2.24) is 9.80 Å². The predicted molar refractivity (Wildman–Crippen MR) is 186 cm³/mol. The van der Waals surface area contributed by atoms with Crippen LogP contribution in [0.1, 0.15) is 38.7 Å². The molecule has 23 heteroatoms. The third-order valence-corrected chi connectivity index (χ3v) is 8.77. The van der Waals surface area contributed by atoms with E-state index in [1.807, 2.05) is 0 Å². The summed E-state index contributed by atoms with van der Waals surface area (Å²) in [4.78, 5) is 44.4. The van der Waals surface area contributed by atoms with Gasteiger partial charge in [0.25, 0.3) is 0 Å². The van der Waals surface area contributed by atoms with Gasteiger partial charge in [0.1, 0.15) is 0 Å². The van der Waals surface area contributed by atoms with Gasteiger partial charge < -0.3 is 80.0 Å². The molecule has 4 rings (SSSR count). The van der Waals surface area contributed by atoms with Crippen LogP contribution in [-0.4, -0.2) is 133 Å². The number of aliphatic hydroxyl groups is 4. The molecule has 0 aliphatic heterocycles. The molecule has 4 aromatic rings. The van der Waals surface area contributed by atoms with E-state index in [9.17, 15) is 49.8 Å². The summed E-state index contributed by atoms with van der Waals surface area (Å²) in [5.41, 5.74) is 0. The third kappa shape index (κ3) is 36.0. The minimum Gasteiger partial charge on any atom is -0.854 e. The number of carbonyl (C=O) groups is 4. The number of thiophene rings is 4. The Kier molecular flexibility index (Phi) is 48.6. The summed E-state index contributed by atoms with van der Waals surface area (Å²) in [6.45, 7) is 2.51. The molecule has 0 aliphatic carbocycles. The zero-order chi connectivity index (χ0) is 39.6. The van der Waals surface area contributed by atoms with Crippen LogP contribution in [0.3, 0.4) is 0 Å². The van der Waals surface area contributed by atoms with Gasteiger partial charge in [-0.1, -0.05) is 24.3 Å². The van der Waals surface area contributed by atoms with Crippen LogP contribution in [0, 0.1) is 0 Å². The summed E-state index contributed by atoms with van der Waals surface area (Å²) in [5, 5.41) is 101. The van der Waals surface area contributed by atoms with Crippen LogP contribution in [0.15, 0.2) is 70.1 Å². The molecule has 0 atom stereocenters. The van der Waals surface area contributed by atoms with Gasteiger partial charge in [-0.25, -0.2) is 0 Å². The Labute approximate surface area is 366 Å². The van der Waals surface area contributed by atoms with Crippen molar-refractivity contribution in [3.05, 3.63) is 89.6 Å². The van der Waals surface area contributed by atoms with Gasteiger partial charge in [-0.3, -0.25) is 0 Å². The SMILES string of the molecule is O=C([O-])c1cccs1.O=C([O-])c1cccs1.O=C([O-])c1cccs1.O=C([O-])c1cccs1.[Cu+2].[Cu+2].[Cu+2].[O-]CCN(CCO)CCO.[O-]CCN(CCO)CCO. The summed E-state index contributed by atoms with van der Waals surface area (Å²) in [7, 11) is 0. The average molecular weight is 996 g/mol. The maximum absolute atomic E-state index is 10.1. The van der Waals surface area contributed by atoms with E-state index < -0.39 is 23.9 Å². The molecular weight excluding hydrogens is 955 g/mol. The van der Waals surface area contributed by atoms with Crippen molar-refractivity contribution in [1.29, 1.82) is 0 Å². The molecule has 4 aromatic heterocycles. The fourth-order valence-corrected chi connectivity index (χ4v) is 5.30. The average Bonchev–Trinajstić information content (AvgIpc) is 3.96. The quantitative estimate of drug-likeness (QED) is 0.0773. The van der Waals surface area contributed by atoms with E-state index in [1.165, 1.54) is 69.6 Å². The smallest absolute Gasteiger partial charge is 0.854 e. The van der Waals surface area contributed by atoms with Gasteiger partial charge in [-0.05, 0) is 58.9 Å². The Balaban J connectivity index is -0.000000180. The first-order chi connectivity index (χ1) is 24.9. The van der Waals surface area contributed by atoms with E-state index >= 15 is 0 Å². The van der Waals surface area contributed by atoms with Crippen molar-refractivity contribution >= 4 is 69.2 Å². The Hall–Kier alpha value is -2.08. The molecule has 0 fully saturated rings. The molecule has 0 amide bonds. The predicted octanol–water partition coefficient (Wildman–Crippen LogP) is -4.29. The molecule has 4 N–H and O–H groups in total. The molecule has 0 saturated heterocycles. The Morgan fingerprint density at radius 2 is 0.636 bits per heavy atom. The van der Waals surface area contributed by atoms with E-state index in [0.717, 1.165) is 0 Å². The maximum atomic E-state index is 10.1. The fraction of sp³-hybridized carbons (Fsp3) is 0.375. The zero-order valence-corrected chi connectivity index (χ0v) is 34.8. The molecule has 0 bridgehead atoms. The molecule has 0 unspecified atom stereocenters. The minimum absolute atomic E-state index is 0. The number of hydrogen-bond donors (Lipinski definition) is 4. The number of aromatic carboxylic acids is 4. The second kappa shape index (κ2) is 43.0. The van der Waals surface area contributed by atoms with Crippen LogP contribution < -0.4 is 30.6 Å². The number of carbonyl (C=O) groups excluding carboxylic acids is 4. The second-order valence-corrected chi connectivity index (χ2v) is 12.8. The van der Waals surface area contributed by atoms with E-state index in [-0.39, 0.29) is 110 Å². The van der Waals surface area contributed by atoms with E-state index in [0.29, 0.717) is 39.3 Å². The van der Waals surface area contributed by atoms with Crippen molar-refractivity contribution in [2.24, 2.45) is 0 Å². The van der Waals surface area contributed by atoms with Crippen LogP contribution in [-0.2, 0) is 51.2 Å². The molecule has 16 nitrogen and oxygen atoms in total. The van der Waals surface area contributed by atoms with Gasteiger partial charge in [0.05, 0.1) is 50.3 Å². The van der Waals surface area contributed by atoms with Crippen molar-refractivity contribution in [3.63, 3.8) is 0 Å². The van der Waals surface area contributed by atoms with Gasteiger partial charge >= 0.3 is 51.2 Å². The first-order valence-electron chi connectivity index (χ1n) is 15.0. The Morgan fingerprint density at radius 3 is 0.727 bits per heavy atom. The number of carboxylic acids is 4. The Morgan fingerprint density at radius 1 is 0.436 bits per heavy atom. The van der Waals surface area contributed by atoms with E-state index in [1.54, 1.807) is 55.6 Å². The summed E-state index contributed by atoms with van der Waals surface area (Å²) >= 11 is 4.68. The summed E-state index contributed by atoms with van der Waals surface area (Å²) in [6.07, 6.45) is 0. The molecule has 3 radical (unpaired) electrons. The van der Waals surface area contributed by atoms with Gasteiger partial charge in [0.15, 0.2) is 0 Å². The number of carboxylic acid groups (broad SMARTS) is 4. The van der Waals surface area contributed by atoms with Crippen LogP contribution >= 0.6 is 45.3 Å². The van der Waals surface area contributed by atoms with Crippen molar-refractivity contribution in [2.75, 3.05) is 78.9 Å². The molecule has 0 saturated carbocycles. The van der Waals surface area contributed by atoms with E-state index in [4.69, 9.17) is 20.4 Å². The van der Waals surface area contributed by atoms with Crippen LogP contribution in [0.2, 0.25) is 0 Å². The molecule has 0 aliphatic rings. The normalized spacial score (nSPS) is 9.16. The maximum Gasteiger partial charge on any atom is 2.00 e. The molecule has 0 aromatic carbocycles. The topological polar surface area (TPSA) is 294 Å². The van der Waals surface area contributed by atoms with Crippen LogP contribution in [0.5, 0.6) is 0 Å². The molecule has 4 heterocycles. The summed E-state index contributed by atoms with van der Waals surface area (Å²) < 4.78 is 0.